The Morgan fingerprint density at radius 1 is 1.30 bits per heavy atom. The van der Waals surface area contributed by atoms with Crippen LogP contribution in [0.1, 0.15) is 37.6 Å². The number of hydrogen-bond donors (Lipinski definition) is 3. The first-order valence-electron chi connectivity index (χ1n) is 6.40. The second kappa shape index (κ2) is 7.28. The lowest BCUT2D eigenvalue weighted by Crippen LogP contribution is -2.36. The predicted octanol–water partition coefficient (Wildman–Crippen LogP) is 3.70. The zero-order valence-corrected chi connectivity index (χ0v) is 13.3. The lowest BCUT2D eigenvalue weighted by atomic mass is 10.1. The lowest BCUT2D eigenvalue weighted by Gasteiger charge is -2.17. The number of carbonyl (C=O) groups excluding carboxylic acids is 1. The van der Waals surface area contributed by atoms with Crippen LogP contribution in [0.15, 0.2) is 22.7 Å². The minimum Gasteiger partial charge on any atom is -0.478 e. The van der Waals surface area contributed by atoms with E-state index in [9.17, 15) is 9.59 Å². The summed E-state index contributed by atoms with van der Waals surface area (Å²) in [5.74, 6) is -0.501. The molecule has 2 amide bonds. The van der Waals surface area contributed by atoms with Crippen molar-refractivity contribution in [2.75, 3.05) is 5.32 Å². The van der Waals surface area contributed by atoms with E-state index in [1.165, 1.54) is 12.1 Å². The number of carboxylic acids is 1. The summed E-state index contributed by atoms with van der Waals surface area (Å²) >= 11 is 3.24. The molecule has 1 aromatic rings. The van der Waals surface area contributed by atoms with Crippen molar-refractivity contribution in [3.05, 3.63) is 28.2 Å². The summed E-state index contributed by atoms with van der Waals surface area (Å²) in [6.45, 7) is 6.14. The monoisotopic (exact) mass is 342 g/mol. The molecule has 0 aliphatic heterocycles. The maximum absolute atomic E-state index is 11.8. The fraction of sp³-hybridized carbons (Fsp3) is 0.429. The Kier molecular flexibility index (Phi) is 6.01. The fourth-order valence-electron chi connectivity index (χ4n) is 1.90. The van der Waals surface area contributed by atoms with E-state index in [4.69, 9.17) is 5.11 Å². The summed E-state index contributed by atoms with van der Waals surface area (Å²) in [5.41, 5.74) is 0.695. The molecule has 0 radical (unpaired) electrons. The molecule has 1 atom stereocenters. The maximum atomic E-state index is 11.8. The van der Waals surface area contributed by atoms with Crippen LogP contribution in [0.4, 0.5) is 10.5 Å². The highest BCUT2D eigenvalue weighted by molar-refractivity contribution is 9.10. The van der Waals surface area contributed by atoms with Crippen molar-refractivity contribution in [2.45, 2.75) is 33.2 Å². The third-order valence-electron chi connectivity index (χ3n) is 2.67. The molecule has 0 aromatic heterocycles. The van der Waals surface area contributed by atoms with Gasteiger partial charge in [0, 0.05) is 10.5 Å². The molecule has 0 spiro atoms. The van der Waals surface area contributed by atoms with Crippen molar-refractivity contribution in [3.63, 3.8) is 0 Å². The van der Waals surface area contributed by atoms with E-state index in [1.807, 2.05) is 6.92 Å². The lowest BCUT2D eigenvalue weighted by molar-refractivity contribution is 0.0697. The number of carbonyl (C=O) groups is 2. The van der Waals surface area contributed by atoms with E-state index < -0.39 is 5.97 Å². The van der Waals surface area contributed by atoms with Gasteiger partial charge in [0.25, 0.3) is 0 Å². The molecular weight excluding hydrogens is 324 g/mol. The molecule has 0 bridgehead atoms. The number of amides is 2. The van der Waals surface area contributed by atoms with Gasteiger partial charge < -0.3 is 15.7 Å². The van der Waals surface area contributed by atoms with Gasteiger partial charge >= 0.3 is 12.0 Å². The van der Waals surface area contributed by atoms with Crippen molar-refractivity contribution in [1.82, 2.24) is 5.32 Å². The number of nitrogens with one attached hydrogen (secondary N) is 2. The van der Waals surface area contributed by atoms with E-state index in [0.717, 1.165) is 6.42 Å². The summed E-state index contributed by atoms with van der Waals surface area (Å²) in [4.78, 5) is 22.6. The highest BCUT2D eigenvalue weighted by atomic mass is 79.9. The van der Waals surface area contributed by atoms with Crippen LogP contribution in [-0.4, -0.2) is 23.1 Å². The van der Waals surface area contributed by atoms with Gasteiger partial charge in [-0.05, 0) is 53.4 Å². The average molecular weight is 343 g/mol. The molecule has 5 nitrogen and oxygen atoms in total. The number of carboxylic acid groups (broad SMARTS) is 1. The van der Waals surface area contributed by atoms with Gasteiger partial charge in [0.2, 0.25) is 0 Å². The van der Waals surface area contributed by atoms with Gasteiger partial charge in [-0.25, -0.2) is 9.59 Å². The van der Waals surface area contributed by atoms with Crippen LogP contribution in [0, 0.1) is 5.92 Å². The molecule has 0 aliphatic carbocycles. The molecular formula is C14H19BrN2O3. The smallest absolute Gasteiger partial charge is 0.335 e. The number of halogens is 1. The molecule has 0 fully saturated rings. The van der Waals surface area contributed by atoms with Crippen LogP contribution in [0.25, 0.3) is 0 Å². The Hall–Kier alpha value is -1.56. The van der Waals surface area contributed by atoms with E-state index in [0.29, 0.717) is 16.1 Å². The van der Waals surface area contributed by atoms with Crippen LogP contribution in [0.3, 0.4) is 0 Å². The molecule has 1 aromatic carbocycles. The van der Waals surface area contributed by atoms with Crippen molar-refractivity contribution in [1.29, 1.82) is 0 Å². The van der Waals surface area contributed by atoms with Gasteiger partial charge in [0.05, 0.1) is 11.3 Å². The molecule has 0 aliphatic rings. The van der Waals surface area contributed by atoms with E-state index in [-0.39, 0.29) is 17.6 Å². The van der Waals surface area contributed by atoms with Crippen LogP contribution < -0.4 is 10.6 Å². The number of urea groups is 1. The summed E-state index contributed by atoms with van der Waals surface area (Å²) in [7, 11) is 0. The Morgan fingerprint density at radius 2 is 1.95 bits per heavy atom. The van der Waals surface area contributed by atoms with Gasteiger partial charge in [0.15, 0.2) is 0 Å². The summed E-state index contributed by atoms with van der Waals surface area (Å²) in [6.07, 6.45) is 0.895. The Morgan fingerprint density at radius 3 is 2.45 bits per heavy atom. The van der Waals surface area contributed by atoms with Gasteiger partial charge in [-0.1, -0.05) is 13.8 Å². The van der Waals surface area contributed by atoms with Crippen molar-refractivity contribution >= 4 is 33.6 Å². The second-order valence-corrected chi connectivity index (χ2v) is 5.98. The number of benzene rings is 1. The number of aromatic carboxylic acids is 1. The fourth-order valence-corrected chi connectivity index (χ4v) is 2.38. The number of hydrogen-bond acceptors (Lipinski definition) is 2. The first kappa shape index (κ1) is 16.5. The SMILES string of the molecule is CC(C)CC(C)NC(=O)Nc1ccc(C(=O)O)cc1Br. The predicted molar refractivity (Wildman–Crippen MR) is 82.2 cm³/mol. The molecule has 3 N–H and O–H groups in total. The Bertz CT molecular complexity index is 503. The molecule has 0 saturated heterocycles. The first-order valence-corrected chi connectivity index (χ1v) is 7.19. The zero-order chi connectivity index (χ0) is 15.3. The van der Waals surface area contributed by atoms with E-state index >= 15 is 0 Å². The largest absolute Gasteiger partial charge is 0.478 e. The highest BCUT2D eigenvalue weighted by Crippen LogP contribution is 2.23. The molecule has 1 rings (SSSR count). The Labute approximate surface area is 126 Å². The molecule has 0 heterocycles. The van der Waals surface area contributed by atoms with Gasteiger partial charge in [0.1, 0.15) is 0 Å². The second-order valence-electron chi connectivity index (χ2n) is 5.13. The van der Waals surface area contributed by atoms with Crippen LogP contribution in [0.2, 0.25) is 0 Å². The third-order valence-corrected chi connectivity index (χ3v) is 3.32. The highest BCUT2D eigenvalue weighted by Gasteiger charge is 2.12. The summed E-state index contributed by atoms with van der Waals surface area (Å²) in [5, 5.41) is 14.4. The van der Waals surface area contributed by atoms with E-state index in [1.54, 1.807) is 6.07 Å². The van der Waals surface area contributed by atoms with Crippen molar-refractivity contribution in [3.8, 4) is 0 Å². The average Bonchev–Trinajstić information content (AvgIpc) is 2.30. The zero-order valence-electron chi connectivity index (χ0n) is 11.7. The number of anilines is 1. The van der Waals surface area contributed by atoms with Gasteiger partial charge in [-0.3, -0.25) is 0 Å². The number of rotatable bonds is 5. The minimum absolute atomic E-state index is 0.0760. The van der Waals surface area contributed by atoms with Crippen LogP contribution >= 0.6 is 15.9 Å². The molecule has 6 heteroatoms. The Balaban J connectivity index is 2.64. The summed E-state index contributed by atoms with van der Waals surface area (Å²) < 4.78 is 0.532. The molecule has 0 saturated carbocycles. The van der Waals surface area contributed by atoms with E-state index in [2.05, 4.69) is 40.4 Å². The quantitative estimate of drug-likeness (QED) is 0.763. The van der Waals surface area contributed by atoms with Gasteiger partial charge in [-0.2, -0.15) is 0 Å². The molecule has 1 unspecified atom stereocenters. The summed E-state index contributed by atoms with van der Waals surface area (Å²) in [6, 6.07) is 4.23. The molecule has 20 heavy (non-hydrogen) atoms. The first-order chi connectivity index (χ1) is 9.29. The van der Waals surface area contributed by atoms with Crippen LogP contribution in [-0.2, 0) is 0 Å². The topological polar surface area (TPSA) is 78.4 Å². The van der Waals surface area contributed by atoms with Gasteiger partial charge in [-0.15, -0.1) is 0 Å². The minimum atomic E-state index is -1.01. The third kappa shape index (κ3) is 5.21. The van der Waals surface area contributed by atoms with Crippen molar-refractivity contribution < 1.29 is 14.7 Å². The van der Waals surface area contributed by atoms with Crippen molar-refractivity contribution in [2.24, 2.45) is 5.92 Å². The van der Waals surface area contributed by atoms with Crippen LogP contribution in [0.5, 0.6) is 0 Å². The standard InChI is InChI=1S/C14H19BrN2O3/c1-8(2)6-9(3)16-14(20)17-12-5-4-10(13(18)19)7-11(12)15/h4-5,7-9H,6H2,1-3H3,(H,18,19)(H2,16,17,20). The maximum Gasteiger partial charge on any atom is 0.335 e. The molecule has 110 valence electrons. The normalized spacial score (nSPS) is 12.1.